The number of carboxylic acids is 1. The number of benzene rings is 1. The highest BCUT2D eigenvalue weighted by atomic mass is 16.6. The zero-order valence-corrected chi connectivity index (χ0v) is 9.17. The minimum Gasteiger partial charge on any atom is -0.497 e. The summed E-state index contributed by atoms with van der Waals surface area (Å²) in [5, 5.41) is 18.0. The first kappa shape index (κ1) is 11.5. The van der Waals surface area contributed by atoms with Gasteiger partial charge in [0.15, 0.2) is 17.6 Å². The van der Waals surface area contributed by atoms with Crippen molar-refractivity contribution < 1.29 is 29.2 Å². The fourth-order valence-corrected chi connectivity index (χ4v) is 1.57. The second-order valence-corrected chi connectivity index (χ2v) is 3.54. The fourth-order valence-electron chi connectivity index (χ4n) is 1.57. The highest BCUT2D eigenvalue weighted by molar-refractivity contribution is 5.92. The first-order valence-electron chi connectivity index (χ1n) is 5.01. The van der Waals surface area contributed by atoms with Crippen LogP contribution in [0, 0.1) is 0 Å². The number of carbonyl (C=O) groups is 1. The van der Waals surface area contributed by atoms with E-state index in [0.717, 1.165) is 0 Å². The maximum absolute atomic E-state index is 11.1. The van der Waals surface area contributed by atoms with Crippen molar-refractivity contribution in [2.45, 2.75) is 6.10 Å². The molecule has 0 saturated heterocycles. The first-order chi connectivity index (χ1) is 8.15. The van der Waals surface area contributed by atoms with E-state index in [2.05, 4.69) is 0 Å². The van der Waals surface area contributed by atoms with Gasteiger partial charge >= 0.3 is 5.97 Å². The van der Waals surface area contributed by atoms with Crippen molar-refractivity contribution in [3.63, 3.8) is 0 Å². The molecule has 6 nitrogen and oxygen atoms in total. The molecule has 1 heterocycles. The SMILES string of the molecule is COc1cc2c(c(C(=O)O)c1)OCC(CO)O2. The Morgan fingerprint density at radius 1 is 1.59 bits per heavy atom. The van der Waals surface area contributed by atoms with Crippen LogP contribution in [0.4, 0.5) is 0 Å². The molecule has 0 fully saturated rings. The zero-order chi connectivity index (χ0) is 12.4. The molecule has 2 N–H and O–H groups in total. The molecule has 1 unspecified atom stereocenters. The molecule has 1 aromatic carbocycles. The Labute approximate surface area is 97.3 Å². The highest BCUT2D eigenvalue weighted by Gasteiger charge is 2.26. The van der Waals surface area contributed by atoms with Crippen molar-refractivity contribution in [1.29, 1.82) is 0 Å². The normalized spacial score (nSPS) is 17.6. The van der Waals surface area contributed by atoms with Gasteiger partial charge in [0.2, 0.25) is 0 Å². The molecule has 1 aromatic rings. The van der Waals surface area contributed by atoms with E-state index in [1.165, 1.54) is 19.2 Å². The maximum Gasteiger partial charge on any atom is 0.339 e. The van der Waals surface area contributed by atoms with Crippen molar-refractivity contribution >= 4 is 5.97 Å². The first-order valence-corrected chi connectivity index (χ1v) is 5.01. The van der Waals surface area contributed by atoms with Crippen LogP contribution in [-0.4, -0.2) is 42.6 Å². The Morgan fingerprint density at radius 3 is 2.94 bits per heavy atom. The van der Waals surface area contributed by atoms with Crippen LogP contribution in [-0.2, 0) is 0 Å². The van der Waals surface area contributed by atoms with Gasteiger partial charge in [0.1, 0.15) is 17.9 Å². The summed E-state index contributed by atoms with van der Waals surface area (Å²) in [5.41, 5.74) is -0.0178. The summed E-state index contributed by atoms with van der Waals surface area (Å²) in [6.07, 6.45) is -0.490. The number of methoxy groups -OCH3 is 1. The predicted octanol–water partition coefficient (Wildman–Crippen LogP) is 0.526. The van der Waals surface area contributed by atoms with Crippen LogP contribution >= 0.6 is 0 Å². The van der Waals surface area contributed by atoms with Crippen LogP contribution in [0.1, 0.15) is 10.4 Å². The van der Waals surface area contributed by atoms with Gasteiger partial charge < -0.3 is 24.4 Å². The highest BCUT2D eigenvalue weighted by Crippen LogP contribution is 2.38. The molecule has 1 aliphatic heterocycles. The van der Waals surface area contributed by atoms with Gasteiger partial charge in [0, 0.05) is 6.07 Å². The van der Waals surface area contributed by atoms with E-state index in [4.69, 9.17) is 24.4 Å². The number of aromatic carboxylic acids is 1. The number of ether oxygens (including phenoxy) is 3. The van der Waals surface area contributed by atoms with Crippen LogP contribution in [0.3, 0.4) is 0 Å². The van der Waals surface area contributed by atoms with Gasteiger partial charge in [-0.15, -0.1) is 0 Å². The monoisotopic (exact) mass is 240 g/mol. The van der Waals surface area contributed by atoms with E-state index < -0.39 is 12.1 Å². The van der Waals surface area contributed by atoms with Crippen molar-refractivity contribution in [1.82, 2.24) is 0 Å². The lowest BCUT2D eigenvalue weighted by atomic mass is 10.1. The topological polar surface area (TPSA) is 85.2 Å². The van der Waals surface area contributed by atoms with Crippen LogP contribution in [0.25, 0.3) is 0 Å². The largest absolute Gasteiger partial charge is 0.497 e. The van der Waals surface area contributed by atoms with Crippen LogP contribution in [0.2, 0.25) is 0 Å². The lowest BCUT2D eigenvalue weighted by Gasteiger charge is -2.26. The van der Waals surface area contributed by atoms with E-state index in [0.29, 0.717) is 5.75 Å². The Morgan fingerprint density at radius 2 is 2.35 bits per heavy atom. The molecule has 92 valence electrons. The molecule has 0 radical (unpaired) electrons. The summed E-state index contributed by atoms with van der Waals surface area (Å²) in [6, 6.07) is 2.90. The third-order valence-electron chi connectivity index (χ3n) is 2.41. The van der Waals surface area contributed by atoms with E-state index in [-0.39, 0.29) is 30.3 Å². The summed E-state index contributed by atoms with van der Waals surface area (Å²) in [7, 11) is 1.43. The van der Waals surface area contributed by atoms with Crippen molar-refractivity contribution in [2.24, 2.45) is 0 Å². The minimum absolute atomic E-state index is 0.0178. The summed E-state index contributed by atoms with van der Waals surface area (Å²) in [5.74, 6) is -0.315. The summed E-state index contributed by atoms with van der Waals surface area (Å²) >= 11 is 0. The van der Waals surface area contributed by atoms with E-state index in [1.807, 2.05) is 0 Å². The average Bonchev–Trinajstić information content (AvgIpc) is 2.36. The Bertz CT molecular complexity index is 442. The smallest absolute Gasteiger partial charge is 0.339 e. The molecule has 1 atom stereocenters. The van der Waals surface area contributed by atoms with Gasteiger partial charge in [0.25, 0.3) is 0 Å². The lowest BCUT2D eigenvalue weighted by molar-refractivity contribution is 0.0429. The predicted molar refractivity (Wildman–Crippen MR) is 57.0 cm³/mol. The molecule has 0 aliphatic carbocycles. The molecular formula is C11H12O6. The summed E-state index contributed by atoms with van der Waals surface area (Å²) in [6.45, 7) is -0.0742. The Hall–Kier alpha value is -1.95. The van der Waals surface area contributed by atoms with Gasteiger partial charge in [-0.25, -0.2) is 4.79 Å². The molecule has 0 bridgehead atoms. The number of hydrogen-bond acceptors (Lipinski definition) is 5. The van der Waals surface area contributed by atoms with Crippen LogP contribution < -0.4 is 14.2 Å². The molecule has 0 saturated carbocycles. The van der Waals surface area contributed by atoms with Crippen molar-refractivity contribution in [2.75, 3.05) is 20.3 Å². The fraction of sp³-hybridized carbons (Fsp3) is 0.364. The summed E-state index contributed by atoms with van der Waals surface area (Å²) < 4.78 is 15.7. The second kappa shape index (κ2) is 4.50. The molecule has 0 spiro atoms. The molecule has 2 rings (SSSR count). The number of fused-ring (bicyclic) bond motifs is 1. The van der Waals surface area contributed by atoms with Crippen LogP contribution in [0.15, 0.2) is 12.1 Å². The van der Waals surface area contributed by atoms with E-state index in [1.54, 1.807) is 0 Å². The lowest BCUT2D eigenvalue weighted by Crippen LogP contribution is -2.32. The Kier molecular flexibility index (Phi) is 3.06. The van der Waals surface area contributed by atoms with E-state index >= 15 is 0 Å². The van der Waals surface area contributed by atoms with Crippen molar-refractivity contribution in [3.05, 3.63) is 17.7 Å². The van der Waals surface area contributed by atoms with Gasteiger partial charge in [-0.2, -0.15) is 0 Å². The van der Waals surface area contributed by atoms with Gasteiger partial charge in [-0.1, -0.05) is 0 Å². The standard InChI is InChI=1S/C11H12O6/c1-15-6-2-8(11(13)14)10-9(3-6)17-7(4-12)5-16-10/h2-3,7,12H,4-5H2,1H3,(H,13,14). The molecule has 1 aliphatic rings. The molecular weight excluding hydrogens is 228 g/mol. The molecule has 0 aromatic heterocycles. The van der Waals surface area contributed by atoms with Gasteiger partial charge in [-0.3, -0.25) is 0 Å². The zero-order valence-electron chi connectivity index (χ0n) is 9.17. The molecule has 6 heteroatoms. The van der Waals surface area contributed by atoms with Crippen LogP contribution in [0.5, 0.6) is 17.2 Å². The quantitative estimate of drug-likeness (QED) is 0.801. The molecule has 17 heavy (non-hydrogen) atoms. The molecule has 0 amide bonds. The third kappa shape index (κ3) is 2.12. The Balaban J connectivity index is 2.46. The second-order valence-electron chi connectivity index (χ2n) is 3.54. The number of hydrogen-bond donors (Lipinski definition) is 2. The minimum atomic E-state index is -1.12. The number of carboxylic acid groups (broad SMARTS) is 1. The average molecular weight is 240 g/mol. The van der Waals surface area contributed by atoms with E-state index in [9.17, 15) is 4.79 Å². The summed E-state index contributed by atoms with van der Waals surface area (Å²) in [4.78, 5) is 11.1. The van der Waals surface area contributed by atoms with Crippen molar-refractivity contribution in [3.8, 4) is 17.2 Å². The van der Waals surface area contributed by atoms with Gasteiger partial charge in [-0.05, 0) is 6.07 Å². The maximum atomic E-state index is 11.1. The van der Waals surface area contributed by atoms with Gasteiger partial charge in [0.05, 0.1) is 13.7 Å². The number of aliphatic hydroxyl groups excluding tert-OH is 1. The third-order valence-corrected chi connectivity index (χ3v) is 2.41. The number of aliphatic hydroxyl groups is 1. The number of rotatable bonds is 3.